The summed E-state index contributed by atoms with van der Waals surface area (Å²) in [5, 5.41) is 4.52. The van der Waals surface area contributed by atoms with Crippen LogP contribution in [0.3, 0.4) is 0 Å². The summed E-state index contributed by atoms with van der Waals surface area (Å²) in [6.45, 7) is 1.38. The van der Waals surface area contributed by atoms with Crippen molar-refractivity contribution in [3.05, 3.63) is 34.9 Å². The monoisotopic (exact) mass is 345 g/mol. The summed E-state index contributed by atoms with van der Waals surface area (Å²) in [5.74, 6) is 0.00875. The van der Waals surface area contributed by atoms with E-state index >= 15 is 0 Å². The Morgan fingerprint density at radius 2 is 2.05 bits per heavy atom. The Morgan fingerprint density at radius 3 is 2.68 bits per heavy atom. The van der Waals surface area contributed by atoms with Gasteiger partial charge in [0, 0.05) is 23.6 Å². The molecule has 1 saturated heterocycles. The minimum Gasteiger partial charge on any atom is -0.381 e. The quantitative estimate of drug-likeness (QED) is 0.851. The summed E-state index contributed by atoms with van der Waals surface area (Å²) in [7, 11) is 0. The Morgan fingerprint density at radius 1 is 1.37 bits per heavy atom. The molecule has 0 aliphatic carbocycles. The van der Waals surface area contributed by atoms with Gasteiger partial charge in [-0.15, -0.1) is 0 Å². The molecule has 1 heterocycles. The van der Waals surface area contributed by atoms with Crippen molar-refractivity contribution in [1.82, 2.24) is 5.32 Å². The van der Waals surface area contributed by atoms with Gasteiger partial charge in [-0.3, -0.25) is 4.79 Å². The minimum absolute atomic E-state index is 0.00875. The van der Waals surface area contributed by atoms with E-state index in [1.54, 1.807) is 6.07 Å². The van der Waals surface area contributed by atoms with Crippen LogP contribution in [-0.4, -0.2) is 30.0 Å². The van der Waals surface area contributed by atoms with Crippen LogP contribution in [0.25, 0.3) is 0 Å². The Balaban J connectivity index is 1.98. The van der Waals surface area contributed by atoms with Gasteiger partial charge in [0.2, 0.25) is 5.91 Å². The molecular formula is C14H17BrClNO2. The van der Waals surface area contributed by atoms with E-state index in [4.69, 9.17) is 16.3 Å². The largest absolute Gasteiger partial charge is 0.381 e. The number of benzene rings is 1. The van der Waals surface area contributed by atoms with Crippen molar-refractivity contribution in [2.45, 2.75) is 24.8 Å². The Hall–Kier alpha value is -0.580. The molecule has 104 valence electrons. The van der Waals surface area contributed by atoms with Gasteiger partial charge in [-0.05, 0) is 24.5 Å². The lowest BCUT2D eigenvalue weighted by atomic mass is 9.92. The Kier molecular flexibility index (Phi) is 5.25. The fourth-order valence-electron chi connectivity index (χ4n) is 2.21. The SMILES string of the molecule is O=C(Cc1ccccc1Cl)NC1(CBr)CCOCC1. The number of carbonyl (C=O) groups excluding carboxylic acids is 1. The topological polar surface area (TPSA) is 38.3 Å². The summed E-state index contributed by atoms with van der Waals surface area (Å²) in [5.41, 5.74) is 0.676. The van der Waals surface area contributed by atoms with Crippen molar-refractivity contribution in [2.24, 2.45) is 0 Å². The van der Waals surface area contributed by atoms with E-state index in [2.05, 4.69) is 21.2 Å². The zero-order valence-electron chi connectivity index (χ0n) is 10.6. The predicted molar refractivity (Wildman–Crippen MR) is 79.9 cm³/mol. The van der Waals surface area contributed by atoms with E-state index in [0.717, 1.165) is 23.7 Å². The molecule has 19 heavy (non-hydrogen) atoms. The molecule has 0 saturated carbocycles. The van der Waals surface area contributed by atoms with Gasteiger partial charge in [0.25, 0.3) is 0 Å². The van der Waals surface area contributed by atoms with E-state index in [-0.39, 0.29) is 11.4 Å². The summed E-state index contributed by atoms with van der Waals surface area (Å²) in [4.78, 5) is 12.2. The van der Waals surface area contributed by atoms with Gasteiger partial charge in [-0.25, -0.2) is 0 Å². The van der Waals surface area contributed by atoms with Crippen LogP contribution in [0.5, 0.6) is 0 Å². The fourth-order valence-corrected chi connectivity index (χ4v) is 3.11. The number of hydrogen-bond acceptors (Lipinski definition) is 2. The molecule has 0 atom stereocenters. The lowest BCUT2D eigenvalue weighted by molar-refractivity contribution is -0.123. The number of carbonyl (C=O) groups is 1. The van der Waals surface area contributed by atoms with Gasteiger partial charge >= 0.3 is 0 Å². The fraction of sp³-hybridized carbons (Fsp3) is 0.500. The molecule has 1 aromatic carbocycles. The average molecular weight is 347 g/mol. The maximum absolute atomic E-state index is 12.2. The van der Waals surface area contributed by atoms with E-state index in [1.807, 2.05) is 18.2 Å². The number of ether oxygens (including phenoxy) is 1. The molecule has 0 aromatic heterocycles. The van der Waals surface area contributed by atoms with Crippen molar-refractivity contribution in [3.8, 4) is 0 Å². The second-order valence-corrected chi connectivity index (χ2v) is 5.81. The molecular weight excluding hydrogens is 330 g/mol. The molecule has 3 nitrogen and oxygen atoms in total. The summed E-state index contributed by atoms with van der Waals surface area (Å²) in [6, 6.07) is 7.44. The number of halogens is 2. The van der Waals surface area contributed by atoms with E-state index in [9.17, 15) is 4.79 Å². The van der Waals surface area contributed by atoms with E-state index in [0.29, 0.717) is 24.7 Å². The second kappa shape index (κ2) is 6.73. The predicted octanol–water partition coefficient (Wildman–Crippen LogP) is 2.94. The third kappa shape index (κ3) is 3.94. The molecule has 1 aromatic rings. The third-order valence-corrected chi connectivity index (χ3v) is 4.86. The first-order valence-corrected chi connectivity index (χ1v) is 7.83. The highest BCUT2D eigenvalue weighted by Crippen LogP contribution is 2.23. The first-order valence-electron chi connectivity index (χ1n) is 6.33. The lowest BCUT2D eigenvalue weighted by Gasteiger charge is -2.36. The molecule has 1 aliphatic rings. The van der Waals surface area contributed by atoms with Crippen LogP contribution < -0.4 is 5.32 Å². The van der Waals surface area contributed by atoms with Crippen LogP contribution in [-0.2, 0) is 16.0 Å². The maximum Gasteiger partial charge on any atom is 0.224 e. The number of alkyl halides is 1. The van der Waals surface area contributed by atoms with Crippen LogP contribution in [0.1, 0.15) is 18.4 Å². The highest BCUT2D eigenvalue weighted by atomic mass is 79.9. The van der Waals surface area contributed by atoms with Crippen molar-refractivity contribution in [3.63, 3.8) is 0 Å². The van der Waals surface area contributed by atoms with Gasteiger partial charge in [0.05, 0.1) is 12.0 Å². The third-order valence-electron chi connectivity index (χ3n) is 3.42. The maximum atomic E-state index is 12.2. The molecule has 0 bridgehead atoms. The second-order valence-electron chi connectivity index (χ2n) is 4.84. The van der Waals surface area contributed by atoms with Gasteiger partial charge in [0.1, 0.15) is 0 Å². The molecule has 1 N–H and O–H groups in total. The molecule has 5 heteroatoms. The van der Waals surface area contributed by atoms with Crippen molar-refractivity contribution in [2.75, 3.05) is 18.5 Å². The average Bonchev–Trinajstić information content (AvgIpc) is 2.42. The van der Waals surface area contributed by atoms with Gasteiger partial charge in [-0.1, -0.05) is 45.7 Å². The first kappa shape index (κ1) is 14.8. The van der Waals surface area contributed by atoms with Crippen LogP contribution in [0.4, 0.5) is 0 Å². The van der Waals surface area contributed by atoms with Crippen LogP contribution in [0.15, 0.2) is 24.3 Å². The standard InChI is InChI=1S/C14H17BrClNO2/c15-10-14(5-7-19-8-6-14)17-13(18)9-11-3-1-2-4-12(11)16/h1-4H,5-10H2,(H,17,18). The van der Waals surface area contributed by atoms with Crippen LogP contribution in [0, 0.1) is 0 Å². The number of hydrogen-bond donors (Lipinski definition) is 1. The van der Waals surface area contributed by atoms with Crippen molar-refractivity contribution < 1.29 is 9.53 Å². The molecule has 1 amide bonds. The smallest absolute Gasteiger partial charge is 0.224 e. The van der Waals surface area contributed by atoms with Crippen molar-refractivity contribution >= 4 is 33.4 Å². The van der Waals surface area contributed by atoms with Gasteiger partial charge < -0.3 is 10.1 Å². The number of rotatable bonds is 4. The molecule has 1 fully saturated rings. The normalized spacial score (nSPS) is 18.0. The highest BCUT2D eigenvalue weighted by Gasteiger charge is 2.32. The zero-order valence-corrected chi connectivity index (χ0v) is 13.0. The summed E-state index contributed by atoms with van der Waals surface area (Å²) in [6.07, 6.45) is 1.99. The minimum atomic E-state index is -0.184. The molecule has 0 radical (unpaired) electrons. The molecule has 0 spiro atoms. The highest BCUT2D eigenvalue weighted by molar-refractivity contribution is 9.09. The lowest BCUT2D eigenvalue weighted by Crippen LogP contribution is -2.53. The molecule has 2 rings (SSSR count). The van der Waals surface area contributed by atoms with Crippen molar-refractivity contribution in [1.29, 1.82) is 0 Å². The molecule has 0 unspecified atom stereocenters. The number of amides is 1. The molecule has 1 aliphatic heterocycles. The van der Waals surface area contributed by atoms with Crippen LogP contribution >= 0.6 is 27.5 Å². The Bertz CT molecular complexity index is 447. The van der Waals surface area contributed by atoms with E-state index in [1.165, 1.54) is 0 Å². The van der Waals surface area contributed by atoms with Crippen LogP contribution in [0.2, 0.25) is 5.02 Å². The zero-order chi connectivity index (χ0) is 13.7. The number of nitrogens with one attached hydrogen (secondary N) is 1. The van der Waals surface area contributed by atoms with Gasteiger partial charge in [-0.2, -0.15) is 0 Å². The first-order chi connectivity index (χ1) is 9.15. The Labute approximate surface area is 126 Å². The van der Waals surface area contributed by atoms with E-state index < -0.39 is 0 Å². The summed E-state index contributed by atoms with van der Waals surface area (Å²) >= 11 is 9.57. The summed E-state index contributed by atoms with van der Waals surface area (Å²) < 4.78 is 5.35. The van der Waals surface area contributed by atoms with Gasteiger partial charge in [0.15, 0.2) is 0 Å².